The van der Waals surface area contributed by atoms with E-state index in [-0.39, 0.29) is 28.8 Å². The van der Waals surface area contributed by atoms with Gasteiger partial charge in [-0.05, 0) is 12.1 Å². The molecular formula is C9H8F3N5O. The first-order chi connectivity index (χ1) is 8.47. The van der Waals surface area contributed by atoms with Crippen LogP contribution >= 0.6 is 0 Å². The molecule has 0 spiro atoms. The molecule has 6 nitrogen and oxygen atoms in total. The van der Waals surface area contributed by atoms with E-state index in [0.29, 0.717) is 0 Å². The number of nitrogen functional groups attached to an aromatic ring is 1. The lowest BCUT2D eigenvalue weighted by molar-refractivity contribution is -0.137. The van der Waals surface area contributed by atoms with Crippen molar-refractivity contribution in [2.75, 3.05) is 10.7 Å². The van der Waals surface area contributed by atoms with Crippen LogP contribution in [0.15, 0.2) is 12.1 Å². The number of aromatic nitrogens is 2. The number of amides is 1. The van der Waals surface area contributed by atoms with Gasteiger partial charge in [0.1, 0.15) is 0 Å². The van der Waals surface area contributed by atoms with Gasteiger partial charge in [-0.2, -0.15) is 18.3 Å². The summed E-state index contributed by atoms with van der Waals surface area (Å²) in [5, 5.41) is 8.50. The van der Waals surface area contributed by atoms with E-state index >= 15 is 0 Å². The summed E-state index contributed by atoms with van der Waals surface area (Å²) in [6.07, 6.45) is -4.25. The van der Waals surface area contributed by atoms with Crippen molar-refractivity contribution < 1.29 is 18.0 Å². The summed E-state index contributed by atoms with van der Waals surface area (Å²) in [5.41, 5.74) is 1.50. The second-order valence-electron chi connectivity index (χ2n) is 3.42. The molecule has 0 aliphatic heterocycles. The lowest BCUT2D eigenvalue weighted by Gasteiger charge is -2.09. The highest BCUT2D eigenvalue weighted by atomic mass is 19.4. The van der Waals surface area contributed by atoms with Crippen molar-refractivity contribution in [2.24, 2.45) is 5.84 Å². The van der Waals surface area contributed by atoms with Crippen molar-refractivity contribution >= 4 is 28.8 Å². The quantitative estimate of drug-likeness (QED) is 0.381. The van der Waals surface area contributed by atoms with Gasteiger partial charge < -0.3 is 10.7 Å². The number of nitrogens with two attached hydrogens (primary N) is 1. The first-order valence-electron chi connectivity index (χ1n) is 4.73. The average molecular weight is 259 g/mol. The molecule has 1 aromatic carbocycles. The Hall–Kier alpha value is -2.29. The molecular weight excluding hydrogens is 251 g/mol. The summed E-state index contributed by atoms with van der Waals surface area (Å²) in [7, 11) is 0. The molecule has 18 heavy (non-hydrogen) atoms. The number of nitrogens with one attached hydrogen (secondary N) is 3. The molecule has 0 fully saturated rings. The van der Waals surface area contributed by atoms with Crippen molar-refractivity contribution in [1.82, 2.24) is 10.2 Å². The number of hydrogen-bond acceptors (Lipinski definition) is 4. The molecule has 2 rings (SSSR count). The lowest BCUT2D eigenvalue weighted by Crippen LogP contribution is -2.09. The van der Waals surface area contributed by atoms with Crippen molar-refractivity contribution in [3.8, 4) is 0 Å². The number of aromatic amines is 1. The third kappa shape index (κ3) is 1.95. The Labute approximate surface area is 98.3 Å². The first kappa shape index (κ1) is 12.2. The van der Waals surface area contributed by atoms with Crippen LogP contribution in [0.25, 0.3) is 10.9 Å². The van der Waals surface area contributed by atoms with Gasteiger partial charge in [-0.3, -0.25) is 9.89 Å². The highest BCUT2D eigenvalue weighted by Crippen LogP contribution is 2.36. The summed E-state index contributed by atoms with van der Waals surface area (Å²) in [4.78, 5) is 10.4. The predicted octanol–water partition coefficient (Wildman–Crippen LogP) is 1.44. The molecule has 0 radical (unpaired) electrons. The molecule has 2 aromatic rings. The van der Waals surface area contributed by atoms with E-state index in [2.05, 4.69) is 20.9 Å². The Kier molecular flexibility index (Phi) is 2.83. The largest absolute Gasteiger partial charge is 0.416 e. The summed E-state index contributed by atoms with van der Waals surface area (Å²) < 4.78 is 38.0. The molecule has 1 amide bonds. The van der Waals surface area contributed by atoms with E-state index in [1.165, 1.54) is 0 Å². The molecule has 9 heteroatoms. The fourth-order valence-corrected chi connectivity index (χ4v) is 1.57. The highest BCUT2D eigenvalue weighted by Gasteiger charge is 2.32. The molecule has 0 aliphatic carbocycles. The fourth-order valence-electron chi connectivity index (χ4n) is 1.57. The molecule has 0 aliphatic rings. The van der Waals surface area contributed by atoms with Gasteiger partial charge >= 0.3 is 6.18 Å². The number of hydrogen-bond donors (Lipinski definition) is 4. The van der Waals surface area contributed by atoms with Gasteiger partial charge in [-0.1, -0.05) is 0 Å². The van der Waals surface area contributed by atoms with Crippen LogP contribution < -0.4 is 16.6 Å². The number of benzene rings is 1. The molecule has 5 N–H and O–H groups in total. The fraction of sp³-hybridized carbons (Fsp3) is 0.111. The Bertz CT molecular complexity index is 592. The van der Waals surface area contributed by atoms with Gasteiger partial charge in [0, 0.05) is 5.39 Å². The van der Waals surface area contributed by atoms with Crippen molar-refractivity contribution in [1.29, 1.82) is 0 Å². The lowest BCUT2D eigenvalue weighted by atomic mass is 10.1. The number of nitrogens with zero attached hydrogens (tertiary/aromatic N) is 1. The second kappa shape index (κ2) is 4.18. The smallest absolute Gasteiger partial charge is 0.327 e. The SMILES string of the molecule is NNc1n[nH]c2c(NC=O)cc(C(F)(F)F)cc12. The van der Waals surface area contributed by atoms with E-state index in [1.54, 1.807) is 0 Å². The molecule has 0 unspecified atom stereocenters. The number of carbonyl (C=O) groups is 1. The van der Waals surface area contributed by atoms with Crippen molar-refractivity contribution in [2.45, 2.75) is 6.18 Å². The highest BCUT2D eigenvalue weighted by molar-refractivity contribution is 6.00. The minimum atomic E-state index is -4.53. The summed E-state index contributed by atoms with van der Waals surface area (Å²) >= 11 is 0. The van der Waals surface area contributed by atoms with Gasteiger partial charge in [-0.15, -0.1) is 0 Å². The van der Waals surface area contributed by atoms with Crippen LogP contribution in [-0.4, -0.2) is 16.6 Å². The standard InChI is InChI=1S/C9H8F3N5O/c10-9(11,12)4-1-5-7(6(2-4)14-3-18)16-17-8(5)15-13/h1-3H,13H2,(H,14,18)(H2,15,16,17). The number of alkyl halides is 3. The molecule has 0 atom stereocenters. The first-order valence-corrected chi connectivity index (χ1v) is 4.73. The Morgan fingerprint density at radius 3 is 2.67 bits per heavy atom. The Morgan fingerprint density at radius 2 is 2.11 bits per heavy atom. The number of halogens is 3. The maximum atomic E-state index is 12.7. The monoisotopic (exact) mass is 259 g/mol. The molecule has 0 bridgehead atoms. The topological polar surface area (TPSA) is 95.8 Å². The van der Waals surface area contributed by atoms with E-state index in [1.807, 2.05) is 0 Å². The van der Waals surface area contributed by atoms with Crippen LogP contribution in [-0.2, 0) is 11.0 Å². The Morgan fingerprint density at radius 1 is 1.39 bits per heavy atom. The normalized spacial score (nSPS) is 11.6. The molecule has 0 saturated carbocycles. The van der Waals surface area contributed by atoms with Crippen LogP contribution in [0.3, 0.4) is 0 Å². The summed E-state index contributed by atoms with van der Waals surface area (Å²) in [6, 6.07) is 1.71. The van der Waals surface area contributed by atoms with Crippen LogP contribution in [0.2, 0.25) is 0 Å². The van der Waals surface area contributed by atoms with E-state index in [0.717, 1.165) is 12.1 Å². The zero-order valence-corrected chi connectivity index (χ0v) is 8.80. The van der Waals surface area contributed by atoms with Gasteiger partial charge in [0.2, 0.25) is 6.41 Å². The summed E-state index contributed by atoms with van der Waals surface area (Å²) in [6.45, 7) is 0. The zero-order valence-electron chi connectivity index (χ0n) is 8.80. The molecule has 1 heterocycles. The van der Waals surface area contributed by atoms with Gasteiger partial charge in [0.25, 0.3) is 0 Å². The van der Waals surface area contributed by atoms with E-state index in [4.69, 9.17) is 5.84 Å². The second-order valence-corrected chi connectivity index (χ2v) is 3.42. The van der Waals surface area contributed by atoms with Crippen molar-refractivity contribution in [3.63, 3.8) is 0 Å². The number of H-pyrrole nitrogens is 1. The van der Waals surface area contributed by atoms with Crippen molar-refractivity contribution in [3.05, 3.63) is 17.7 Å². The van der Waals surface area contributed by atoms with Crippen LogP contribution in [0.5, 0.6) is 0 Å². The zero-order chi connectivity index (χ0) is 13.3. The molecule has 96 valence electrons. The third-order valence-corrected chi connectivity index (χ3v) is 2.35. The number of hydrazine groups is 1. The summed E-state index contributed by atoms with van der Waals surface area (Å²) in [5.74, 6) is 5.20. The van der Waals surface area contributed by atoms with E-state index < -0.39 is 11.7 Å². The van der Waals surface area contributed by atoms with Crippen LogP contribution in [0, 0.1) is 0 Å². The van der Waals surface area contributed by atoms with E-state index in [9.17, 15) is 18.0 Å². The number of fused-ring (bicyclic) bond motifs is 1. The number of anilines is 2. The van der Waals surface area contributed by atoms with Gasteiger partial charge in [-0.25, -0.2) is 5.84 Å². The third-order valence-electron chi connectivity index (χ3n) is 2.35. The predicted molar refractivity (Wildman–Crippen MR) is 58.6 cm³/mol. The minimum absolute atomic E-state index is 0.0242. The van der Waals surface area contributed by atoms with Gasteiger partial charge in [0.15, 0.2) is 5.82 Å². The Balaban J connectivity index is 2.72. The maximum Gasteiger partial charge on any atom is 0.416 e. The number of rotatable bonds is 3. The van der Waals surface area contributed by atoms with Crippen LogP contribution in [0.1, 0.15) is 5.56 Å². The van der Waals surface area contributed by atoms with Crippen LogP contribution in [0.4, 0.5) is 24.7 Å². The molecule has 0 saturated heterocycles. The molecule has 1 aromatic heterocycles. The number of carbonyl (C=O) groups excluding carboxylic acids is 1. The average Bonchev–Trinajstić information content (AvgIpc) is 2.71. The van der Waals surface area contributed by atoms with Gasteiger partial charge in [0.05, 0.1) is 16.8 Å². The maximum absolute atomic E-state index is 12.7. The minimum Gasteiger partial charge on any atom is -0.327 e.